The number of hydrogen-bond donors (Lipinski definition) is 2. The van der Waals surface area contributed by atoms with Crippen LogP contribution in [-0.4, -0.2) is 62.1 Å². The third-order valence-corrected chi connectivity index (χ3v) is 5.07. The van der Waals surface area contributed by atoms with Crippen LogP contribution in [0.1, 0.15) is 37.0 Å². The summed E-state index contributed by atoms with van der Waals surface area (Å²) < 4.78 is 4.14. The summed E-state index contributed by atoms with van der Waals surface area (Å²) in [5.74, 6) is 3.04. The van der Waals surface area contributed by atoms with Crippen LogP contribution >= 0.6 is 11.8 Å². The highest BCUT2D eigenvalue weighted by atomic mass is 32.2. The van der Waals surface area contributed by atoms with Gasteiger partial charge in [0.1, 0.15) is 12.2 Å². The quantitative estimate of drug-likeness (QED) is 0.319. The topological polar surface area (TPSA) is 85.0 Å². The molecule has 0 aliphatic rings. The molecule has 2 aromatic heterocycles. The van der Waals surface area contributed by atoms with Crippen LogP contribution in [0.4, 0.5) is 0 Å². The smallest absolute Gasteiger partial charge is 0.191 e. The number of thioether (sulfide) groups is 1. The first-order chi connectivity index (χ1) is 13.6. The number of guanidine groups is 1. The first kappa shape index (κ1) is 22.3. The molecule has 8 nitrogen and oxygen atoms in total. The van der Waals surface area contributed by atoms with Crippen LogP contribution in [0, 0.1) is 13.8 Å². The first-order valence-corrected chi connectivity index (χ1v) is 11.4. The van der Waals surface area contributed by atoms with Crippen LogP contribution in [0.2, 0.25) is 0 Å². The van der Waals surface area contributed by atoms with Crippen LogP contribution in [0.3, 0.4) is 0 Å². The molecule has 0 aromatic carbocycles. The predicted octanol–water partition coefficient (Wildman–Crippen LogP) is 2.03. The number of hydrogen-bond acceptors (Lipinski definition) is 5. The molecule has 2 aromatic rings. The SMILES string of the molecule is CCc1nncn1CCNC(=NCCCn1nc(C)cc1C)NCCCSC. The number of nitrogens with zero attached hydrogens (tertiary/aromatic N) is 6. The van der Waals surface area contributed by atoms with Crippen molar-refractivity contribution in [3.05, 3.63) is 29.6 Å². The summed E-state index contributed by atoms with van der Waals surface area (Å²) in [5.41, 5.74) is 2.27. The lowest BCUT2D eigenvalue weighted by Crippen LogP contribution is -2.39. The standard InChI is InChI=1S/C19H34N8S/c1-5-18-24-23-15-26(18)12-10-22-19(21-9-7-13-28-4)20-8-6-11-27-17(3)14-16(2)25-27/h14-15H,5-13H2,1-4H3,(H2,20,21,22). The lowest BCUT2D eigenvalue weighted by atomic mass is 10.4. The Kier molecular flexibility index (Phi) is 9.88. The van der Waals surface area contributed by atoms with Crippen molar-refractivity contribution in [1.82, 2.24) is 35.2 Å². The lowest BCUT2D eigenvalue weighted by molar-refractivity contribution is 0.566. The normalized spacial score (nSPS) is 11.8. The van der Waals surface area contributed by atoms with Gasteiger partial charge in [0.05, 0.1) is 5.69 Å². The molecule has 0 atom stereocenters. The second kappa shape index (κ2) is 12.4. The summed E-state index contributed by atoms with van der Waals surface area (Å²) in [4.78, 5) is 4.74. The fourth-order valence-corrected chi connectivity index (χ4v) is 3.38. The minimum Gasteiger partial charge on any atom is -0.356 e. The second-order valence-corrected chi connectivity index (χ2v) is 7.71. The Morgan fingerprint density at radius 2 is 2.00 bits per heavy atom. The van der Waals surface area contributed by atoms with E-state index in [9.17, 15) is 0 Å². The molecule has 0 bridgehead atoms. The van der Waals surface area contributed by atoms with Crippen molar-refractivity contribution in [2.75, 3.05) is 31.6 Å². The maximum Gasteiger partial charge on any atom is 0.191 e. The average molecular weight is 407 g/mol. The van der Waals surface area contributed by atoms with Gasteiger partial charge in [-0.05, 0) is 44.8 Å². The van der Waals surface area contributed by atoms with Crippen molar-refractivity contribution < 1.29 is 0 Å². The van der Waals surface area contributed by atoms with Crippen LogP contribution in [0.15, 0.2) is 17.4 Å². The molecule has 0 spiro atoms. The van der Waals surface area contributed by atoms with Crippen LogP contribution in [0.25, 0.3) is 0 Å². The van der Waals surface area contributed by atoms with E-state index in [2.05, 4.69) is 61.3 Å². The Morgan fingerprint density at radius 1 is 1.18 bits per heavy atom. The van der Waals surface area contributed by atoms with E-state index in [1.807, 2.05) is 18.7 Å². The molecule has 0 amide bonds. The van der Waals surface area contributed by atoms with Crippen molar-refractivity contribution in [1.29, 1.82) is 0 Å². The molecule has 2 heterocycles. The zero-order valence-corrected chi connectivity index (χ0v) is 18.4. The Bertz CT molecular complexity index is 721. The summed E-state index contributed by atoms with van der Waals surface area (Å²) in [5, 5.41) is 19.5. The Hall–Kier alpha value is -2.03. The molecule has 0 aliphatic heterocycles. The molecule has 0 saturated carbocycles. The highest BCUT2D eigenvalue weighted by molar-refractivity contribution is 7.98. The molecule has 0 saturated heterocycles. The largest absolute Gasteiger partial charge is 0.356 e. The van der Waals surface area contributed by atoms with Gasteiger partial charge in [0.2, 0.25) is 0 Å². The van der Waals surface area contributed by atoms with E-state index in [4.69, 9.17) is 4.99 Å². The van der Waals surface area contributed by atoms with E-state index in [1.54, 1.807) is 6.33 Å². The van der Waals surface area contributed by atoms with E-state index >= 15 is 0 Å². The van der Waals surface area contributed by atoms with Gasteiger partial charge in [0, 0.05) is 44.8 Å². The molecule has 0 fully saturated rings. The van der Waals surface area contributed by atoms with Gasteiger partial charge in [-0.3, -0.25) is 9.67 Å². The Morgan fingerprint density at radius 3 is 2.71 bits per heavy atom. The highest BCUT2D eigenvalue weighted by Crippen LogP contribution is 2.02. The highest BCUT2D eigenvalue weighted by Gasteiger charge is 2.03. The lowest BCUT2D eigenvalue weighted by Gasteiger charge is -2.13. The predicted molar refractivity (Wildman–Crippen MR) is 117 cm³/mol. The number of rotatable bonds is 12. The maximum absolute atomic E-state index is 4.74. The number of aryl methyl sites for hydroxylation is 4. The minimum atomic E-state index is 0.767. The van der Waals surface area contributed by atoms with Crippen LogP contribution < -0.4 is 10.6 Å². The molecule has 0 unspecified atom stereocenters. The van der Waals surface area contributed by atoms with Crippen molar-refractivity contribution in [2.45, 2.75) is 53.1 Å². The molecule has 2 N–H and O–H groups in total. The van der Waals surface area contributed by atoms with Gasteiger partial charge in [-0.2, -0.15) is 16.9 Å². The Labute approximate surface area is 172 Å². The van der Waals surface area contributed by atoms with Crippen LogP contribution in [-0.2, 0) is 19.5 Å². The summed E-state index contributed by atoms with van der Waals surface area (Å²) in [7, 11) is 0. The molecular formula is C19H34N8S. The number of nitrogens with one attached hydrogen (secondary N) is 2. The van der Waals surface area contributed by atoms with Crippen molar-refractivity contribution in [3.63, 3.8) is 0 Å². The van der Waals surface area contributed by atoms with Crippen LogP contribution in [0.5, 0.6) is 0 Å². The molecule has 0 aliphatic carbocycles. The third-order valence-electron chi connectivity index (χ3n) is 4.38. The van der Waals surface area contributed by atoms with Gasteiger partial charge in [-0.15, -0.1) is 10.2 Å². The van der Waals surface area contributed by atoms with Gasteiger partial charge in [-0.1, -0.05) is 6.92 Å². The van der Waals surface area contributed by atoms with Crippen molar-refractivity contribution in [2.24, 2.45) is 4.99 Å². The third kappa shape index (κ3) is 7.53. The molecule has 2 rings (SSSR count). The molecule has 9 heteroatoms. The average Bonchev–Trinajstić information content (AvgIpc) is 3.26. The Balaban J connectivity index is 1.80. The number of aliphatic imine (C=N–C) groups is 1. The summed E-state index contributed by atoms with van der Waals surface area (Å²) in [6.45, 7) is 10.4. The fourth-order valence-electron chi connectivity index (χ4n) is 2.94. The van der Waals surface area contributed by atoms with Crippen molar-refractivity contribution >= 4 is 17.7 Å². The summed E-state index contributed by atoms with van der Waals surface area (Å²) in [6.07, 6.45) is 6.90. The zero-order chi connectivity index (χ0) is 20.2. The van der Waals surface area contributed by atoms with Gasteiger partial charge >= 0.3 is 0 Å². The molecule has 0 radical (unpaired) electrons. The monoisotopic (exact) mass is 406 g/mol. The van der Waals surface area contributed by atoms with Gasteiger partial charge in [0.25, 0.3) is 0 Å². The van der Waals surface area contributed by atoms with E-state index in [0.29, 0.717) is 0 Å². The fraction of sp³-hybridized carbons (Fsp3) is 0.684. The van der Waals surface area contributed by atoms with Gasteiger partial charge in [-0.25, -0.2) is 0 Å². The second-order valence-electron chi connectivity index (χ2n) is 6.73. The summed E-state index contributed by atoms with van der Waals surface area (Å²) >= 11 is 1.87. The zero-order valence-electron chi connectivity index (χ0n) is 17.6. The maximum atomic E-state index is 4.74. The van der Waals surface area contributed by atoms with E-state index in [0.717, 1.165) is 75.2 Å². The van der Waals surface area contributed by atoms with Crippen molar-refractivity contribution in [3.8, 4) is 0 Å². The molecular weight excluding hydrogens is 372 g/mol. The van der Waals surface area contributed by atoms with E-state index < -0.39 is 0 Å². The molecule has 28 heavy (non-hydrogen) atoms. The van der Waals surface area contributed by atoms with E-state index in [-0.39, 0.29) is 0 Å². The van der Waals surface area contributed by atoms with Gasteiger partial charge in [0.15, 0.2) is 5.96 Å². The summed E-state index contributed by atoms with van der Waals surface area (Å²) in [6, 6.07) is 2.11. The number of aromatic nitrogens is 5. The molecule has 156 valence electrons. The minimum absolute atomic E-state index is 0.767. The first-order valence-electron chi connectivity index (χ1n) is 10.0. The van der Waals surface area contributed by atoms with E-state index in [1.165, 1.54) is 5.69 Å². The van der Waals surface area contributed by atoms with Gasteiger partial charge < -0.3 is 15.2 Å².